The summed E-state index contributed by atoms with van der Waals surface area (Å²) in [7, 11) is 1.81. The van der Waals surface area contributed by atoms with E-state index in [1.807, 2.05) is 30.2 Å². The van der Waals surface area contributed by atoms with E-state index in [0.29, 0.717) is 11.5 Å². The number of hydrogen-bond donors (Lipinski definition) is 1. The molecule has 2 fully saturated rings. The zero-order valence-corrected chi connectivity index (χ0v) is 13.8. The van der Waals surface area contributed by atoms with E-state index in [0.717, 1.165) is 31.6 Å². The lowest BCUT2D eigenvalue weighted by Crippen LogP contribution is -2.54. The lowest BCUT2D eigenvalue weighted by Gasteiger charge is -2.53. The standard InChI is InChI=1S/C18H26N2O2/c1-13-4-5-15(12-14(13)2)19-17(21)20-10-8-18(9-11-20)7-6-16(18)22-3/h4-5,12,16H,6-11H2,1-3H3,(H,19,21). The van der Waals surface area contributed by atoms with Crippen LogP contribution in [0.3, 0.4) is 0 Å². The number of rotatable bonds is 2. The van der Waals surface area contributed by atoms with E-state index in [-0.39, 0.29) is 6.03 Å². The number of nitrogens with one attached hydrogen (secondary N) is 1. The third kappa shape index (κ3) is 2.72. The molecule has 1 N–H and O–H groups in total. The number of amides is 2. The van der Waals surface area contributed by atoms with Crippen molar-refractivity contribution in [3.8, 4) is 0 Å². The molecule has 1 unspecified atom stereocenters. The highest BCUT2D eigenvalue weighted by Crippen LogP contribution is 2.50. The quantitative estimate of drug-likeness (QED) is 0.904. The Balaban J connectivity index is 1.57. The highest BCUT2D eigenvalue weighted by molar-refractivity contribution is 5.89. The summed E-state index contributed by atoms with van der Waals surface area (Å²) in [6, 6.07) is 6.07. The maximum absolute atomic E-state index is 12.4. The molecule has 1 aromatic carbocycles. The summed E-state index contributed by atoms with van der Waals surface area (Å²) in [6.45, 7) is 5.81. The maximum Gasteiger partial charge on any atom is 0.321 e. The first kappa shape index (κ1) is 15.3. The summed E-state index contributed by atoms with van der Waals surface area (Å²) in [6.07, 6.45) is 4.94. The van der Waals surface area contributed by atoms with Gasteiger partial charge in [0, 0.05) is 31.3 Å². The molecule has 1 spiro atoms. The minimum absolute atomic E-state index is 0.0198. The van der Waals surface area contributed by atoms with Crippen LogP contribution in [0.25, 0.3) is 0 Å². The summed E-state index contributed by atoms with van der Waals surface area (Å²) < 4.78 is 5.58. The van der Waals surface area contributed by atoms with Gasteiger partial charge in [-0.3, -0.25) is 0 Å². The summed E-state index contributed by atoms with van der Waals surface area (Å²) in [5.41, 5.74) is 3.67. The van der Waals surface area contributed by atoms with Gasteiger partial charge in [0.2, 0.25) is 0 Å². The molecule has 1 aliphatic heterocycles. The molecule has 2 amide bonds. The SMILES string of the molecule is COC1CCC12CCN(C(=O)Nc1ccc(C)c(C)c1)CC2. The highest BCUT2D eigenvalue weighted by Gasteiger charge is 2.48. The third-order valence-electron chi connectivity index (χ3n) is 5.68. The van der Waals surface area contributed by atoms with E-state index < -0.39 is 0 Å². The van der Waals surface area contributed by atoms with Crippen molar-refractivity contribution in [1.82, 2.24) is 4.90 Å². The van der Waals surface area contributed by atoms with Gasteiger partial charge in [-0.15, -0.1) is 0 Å². The Morgan fingerprint density at radius 2 is 1.95 bits per heavy atom. The van der Waals surface area contributed by atoms with Gasteiger partial charge in [-0.05, 0) is 62.8 Å². The van der Waals surface area contributed by atoms with Gasteiger partial charge in [0.05, 0.1) is 6.10 Å². The lowest BCUT2D eigenvalue weighted by molar-refractivity contribution is -0.115. The monoisotopic (exact) mass is 302 g/mol. The third-order valence-corrected chi connectivity index (χ3v) is 5.68. The van der Waals surface area contributed by atoms with Crippen LogP contribution >= 0.6 is 0 Å². The van der Waals surface area contributed by atoms with Crippen molar-refractivity contribution < 1.29 is 9.53 Å². The second-order valence-corrected chi connectivity index (χ2v) is 6.84. The van der Waals surface area contributed by atoms with Crippen molar-refractivity contribution in [3.05, 3.63) is 29.3 Å². The van der Waals surface area contributed by atoms with Gasteiger partial charge in [-0.25, -0.2) is 4.79 Å². The number of hydrogen-bond acceptors (Lipinski definition) is 2. The molecule has 4 heteroatoms. The maximum atomic E-state index is 12.4. The molecule has 120 valence electrons. The van der Waals surface area contributed by atoms with E-state index in [4.69, 9.17) is 4.74 Å². The zero-order valence-electron chi connectivity index (χ0n) is 13.8. The molecule has 22 heavy (non-hydrogen) atoms. The molecule has 0 bridgehead atoms. The normalized spacial score (nSPS) is 23.2. The van der Waals surface area contributed by atoms with Gasteiger partial charge >= 0.3 is 6.03 Å². The minimum Gasteiger partial charge on any atom is -0.381 e. The largest absolute Gasteiger partial charge is 0.381 e. The Labute approximate surface area is 132 Å². The van der Waals surface area contributed by atoms with E-state index in [1.165, 1.54) is 24.0 Å². The number of carbonyl (C=O) groups is 1. The first-order valence-electron chi connectivity index (χ1n) is 8.20. The Morgan fingerprint density at radius 3 is 2.50 bits per heavy atom. The van der Waals surface area contributed by atoms with Crippen molar-refractivity contribution in [2.24, 2.45) is 5.41 Å². The van der Waals surface area contributed by atoms with Crippen LogP contribution in [0.5, 0.6) is 0 Å². The fraction of sp³-hybridized carbons (Fsp3) is 0.611. The fourth-order valence-electron chi connectivity index (χ4n) is 3.79. The Kier molecular flexibility index (Phi) is 4.13. The first-order valence-corrected chi connectivity index (χ1v) is 8.20. The predicted molar refractivity (Wildman–Crippen MR) is 88.2 cm³/mol. The van der Waals surface area contributed by atoms with Crippen LogP contribution in [0, 0.1) is 19.3 Å². The molecule has 3 rings (SSSR count). The molecule has 1 atom stereocenters. The van der Waals surface area contributed by atoms with Crippen LogP contribution in [0.1, 0.15) is 36.8 Å². The van der Waals surface area contributed by atoms with Crippen LogP contribution in [0.4, 0.5) is 10.5 Å². The molecule has 2 aliphatic rings. The average Bonchev–Trinajstić information content (AvgIpc) is 2.50. The number of carbonyl (C=O) groups excluding carboxylic acids is 1. The molecule has 1 saturated carbocycles. The van der Waals surface area contributed by atoms with Crippen LogP contribution in [-0.4, -0.2) is 37.2 Å². The number of methoxy groups -OCH3 is 1. The second-order valence-electron chi connectivity index (χ2n) is 6.84. The highest BCUT2D eigenvalue weighted by atomic mass is 16.5. The topological polar surface area (TPSA) is 41.6 Å². The second kappa shape index (κ2) is 5.92. The number of anilines is 1. The molecule has 1 saturated heterocycles. The number of benzene rings is 1. The molecule has 4 nitrogen and oxygen atoms in total. The molecule has 0 radical (unpaired) electrons. The smallest absolute Gasteiger partial charge is 0.321 e. The first-order chi connectivity index (χ1) is 10.5. The molecule has 1 aromatic rings. The number of likely N-dealkylation sites (tertiary alicyclic amines) is 1. The Morgan fingerprint density at radius 1 is 1.23 bits per heavy atom. The minimum atomic E-state index is 0.0198. The molecular formula is C18H26N2O2. The molecule has 1 heterocycles. The number of ether oxygens (including phenoxy) is 1. The zero-order chi connectivity index (χ0) is 15.7. The van der Waals surface area contributed by atoms with Crippen molar-refractivity contribution in [2.45, 2.75) is 45.6 Å². The van der Waals surface area contributed by atoms with Crippen molar-refractivity contribution in [3.63, 3.8) is 0 Å². The van der Waals surface area contributed by atoms with Crippen molar-refractivity contribution >= 4 is 11.7 Å². The Bertz CT molecular complexity index is 560. The predicted octanol–water partition coefficient (Wildman–Crippen LogP) is 3.73. The average molecular weight is 302 g/mol. The number of piperidine rings is 1. The number of nitrogens with zero attached hydrogens (tertiary/aromatic N) is 1. The van der Waals surface area contributed by atoms with Crippen LogP contribution in [-0.2, 0) is 4.74 Å². The summed E-state index contributed by atoms with van der Waals surface area (Å²) >= 11 is 0. The van der Waals surface area contributed by atoms with Gasteiger partial charge in [0.25, 0.3) is 0 Å². The fourth-order valence-corrected chi connectivity index (χ4v) is 3.79. The van der Waals surface area contributed by atoms with Gasteiger partial charge in [-0.2, -0.15) is 0 Å². The van der Waals surface area contributed by atoms with E-state index in [1.54, 1.807) is 0 Å². The molecule has 0 aromatic heterocycles. The van der Waals surface area contributed by atoms with Crippen LogP contribution in [0.2, 0.25) is 0 Å². The number of aryl methyl sites for hydroxylation is 2. The molecule has 1 aliphatic carbocycles. The van der Waals surface area contributed by atoms with Crippen LogP contribution in [0.15, 0.2) is 18.2 Å². The van der Waals surface area contributed by atoms with Crippen molar-refractivity contribution in [1.29, 1.82) is 0 Å². The van der Waals surface area contributed by atoms with E-state index in [2.05, 4.69) is 19.2 Å². The number of urea groups is 1. The summed E-state index contributed by atoms with van der Waals surface area (Å²) in [5.74, 6) is 0. The van der Waals surface area contributed by atoms with Gasteiger partial charge in [0.15, 0.2) is 0 Å². The summed E-state index contributed by atoms with van der Waals surface area (Å²) in [5, 5.41) is 3.02. The lowest BCUT2D eigenvalue weighted by atomic mass is 9.61. The summed E-state index contributed by atoms with van der Waals surface area (Å²) in [4.78, 5) is 14.4. The van der Waals surface area contributed by atoms with Crippen LogP contribution < -0.4 is 5.32 Å². The molecular weight excluding hydrogens is 276 g/mol. The van der Waals surface area contributed by atoms with Gasteiger partial charge in [0.1, 0.15) is 0 Å². The van der Waals surface area contributed by atoms with Crippen molar-refractivity contribution in [2.75, 3.05) is 25.5 Å². The van der Waals surface area contributed by atoms with E-state index in [9.17, 15) is 4.79 Å². The van der Waals surface area contributed by atoms with Gasteiger partial charge in [-0.1, -0.05) is 6.07 Å². The van der Waals surface area contributed by atoms with Gasteiger partial charge < -0.3 is 15.0 Å². The van der Waals surface area contributed by atoms with E-state index >= 15 is 0 Å². The Hall–Kier alpha value is -1.55.